The molecule has 5 nitrogen and oxygen atoms in total. The number of nitrogens with zero attached hydrogens (tertiary/aromatic N) is 2. The van der Waals surface area contributed by atoms with Gasteiger partial charge in [0, 0.05) is 32.7 Å². The van der Waals surface area contributed by atoms with Gasteiger partial charge in [0.2, 0.25) is 0 Å². The second kappa shape index (κ2) is 12.5. The van der Waals surface area contributed by atoms with E-state index in [1.54, 1.807) is 0 Å². The maximum atomic E-state index is 5.69. The molecule has 1 aliphatic rings. The first-order valence-electron chi connectivity index (χ1n) is 8.48. The second-order valence-electron chi connectivity index (χ2n) is 5.88. The molecule has 0 aliphatic carbocycles. The summed E-state index contributed by atoms with van der Waals surface area (Å²) in [5, 5.41) is 3.34. The molecule has 24 heavy (non-hydrogen) atoms. The summed E-state index contributed by atoms with van der Waals surface area (Å²) >= 11 is 0. The highest BCUT2D eigenvalue weighted by atomic mass is 127. The van der Waals surface area contributed by atoms with Gasteiger partial charge in [0.25, 0.3) is 0 Å². The SMILES string of the molecule is CCNC(=NCCOCc1ccccc1)N(C)CC1CCOC1.I. The zero-order chi connectivity index (χ0) is 16.3. The largest absolute Gasteiger partial charge is 0.381 e. The predicted octanol–water partition coefficient (Wildman–Crippen LogP) is 2.76. The normalized spacial score (nSPS) is 17.4. The van der Waals surface area contributed by atoms with Crippen LogP contribution in [0.15, 0.2) is 35.3 Å². The monoisotopic (exact) mass is 447 g/mol. The number of guanidine groups is 1. The van der Waals surface area contributed by atoms with Gasteiger partial charge in [-0.3, -0.25) is 4.99 Å². The minimum Gasteiger partial charge on any atom is -0.381 e. The average molecular weight is 447 g/mol. The van der Waals surface area contributed by atoms with Crippen LogP contribution in [-0.4, -0.2) is 57.4 Å². The molecule has 1 saturated heterocycles. The number of nitrogens with one attached hydrogen (secondary N) is 1. The number of benzene rings is 1. The highest BCUT2D eigenvalue weighted by Gasteiger charge is 2.18. The smallest absolute Gasteiger partial charge is 0.193 e. The first-order chi connectivity index (χ1) is 11.3. The molecule has 0 aromatic heterocycles. The van der Waals surface area contributed by atoms with Crippen LogP contribution in [0.4, 0.5) is 0 Å². The summed E-state index contributed by atoms with van der Waals surface area (Å²) in [6, 6.07) is 10.2. The van der Waals surface area contributed by atoms with E-state index in [2.05, 4.69) is 41.3 Å². The van der Waals surface area contributed by atoms with Crippen LogP contribution in [0, 0.1) is 5.92 Å². The number of rotatable bonds is 8. The van der Waals surface area contributed by atoms with Crippen LogP contribution < -0.4 is 5.32 Å². The zero-order valence-corrected chi connectivity index (χ0v) is 17.1. The summed E-state index contributed by atoms with van der Waals surface area (Å²) < 4.78 is 11.1. The van der Waals surface area contributed by atoms with Crippen molar-refractivity contribution in [1.29, 1.82) is 0 Å². The van der Waals surface area contributed by atoms with E-state index < -0.39 is 0 Å². The molecule has 1 unspecified atom stereocenters. The van der Waals surface area contributed by atoms with Crippen LogP contribution in [0.3, 0.4) is 0 Å². The Balaban J connectivity index is 0.00000288. The van der Waals surface area contributed by atoms with E-state index >= 15 is 0 Å². The van der Waals surface area contributed by atoms with Crippen molar-refractivity contribution < 1.29 is 9.47 Å². The van der Waals surface area contributed by atoms with Crippen LogP contribution in [0.25, 0.3) is 0 Å². The lowest BCUT2D eigenvalue weighted by molar-refractivity contribution is 0.128. The molecule has 0 spiro atoms. The summed E-state index contributed by atoms with van der Waals surface area (Å²) in [5.41, 5.74) is 1.20. The van der Waals surface area contributed by atoms with Crippen molar-refractivity contribution in [3.63, 3.8) is 0 Å². The molecule has 1 atom stereocenters. The van der Waals surface area contributed by atoms with Crippen molar-refractivity contribution in [2.24, 2.45) is 10.9 Å². The van der Waals surface area contributed by atoms with Gasteiger partial charge in [-0.2, -0.15) is 0 Å². The molecular weight excluding hydrogens is 417 g/mol. The van der Waals surface area contributed by atoms with Gasteiger partial charge in [0.15, 0.2) is 5.96 Å². The predicted molar refractivity (Wildman–Crippen MR) is 109 cm³/mol. The molecule has 0 bridgehead atoms. The lowest BCUT2D eigenvalue weighted by Gasteiger charge is -2.24. The highest BCUT2D eigenvalue weighted by molar-refractivity contribution is 14.0. The highest BCUT2D eigenvalue weighted by Crippen LogP contribution is 2.13. The molecule has 1 aromatic rings. The van der Waals surface area contributed by atoms with Gasteiger partial charge in [-0.25, -0.2) is 0 Å². The minimum absolute atomic E-state index is 0. The second-order valence-corrected chi connectivity index (χ2v) is 5.88. The molecular formula is C18H30IN3O2. The van der Waals surface area contributed by atoms with E-state index in [0.29, 0.717) is 25.7 Å². The van der Waals surface area contributed by atoms with E-state index in [1.807, 2.05) is 18.2 Å². The number of hydrogen-bond acceptors (Lipinski definition) is 3. The lowest BCUT2D eigenvalue weighted by atomic mass is 10.1. The van der Waals surface area contributed by atoms with Crippen molar-refractivity contribution in [2.45, 2.75) is 20.0 Å². The quantitative estimate of drug-likeness (QED) is 0.288. The molecule has 1 heterocycles. The molecule has 136 valence electrons. The Kier molecular flexibility index (Phi) is 11.0. The molecule has 0 radical (unpaired) electrons. The van der Waals surface area contributed by atoms with Gasteiger partial charge in [-0.15, -0.1) is 24.0 Å². The third-order valence-corrected chi connectivity index (χ3v) is 3.86. The van der Waals surface area contributed by atoms with E-state index in [9.17, 15) is 0 Å². The van der Waals surface area contributed by atoms with Gasteiger partial charge in [0.1, 0.15) is 0 Å². The van der Waals surface area contributed by atoms with Crippen LogP contribution in [0.2, 0.25) is 0 Å². The Hall–Kier alpha value is -0.860. The molecule has 1 N–H and O–H groups in total. The summed E-state index contributed by atoms with van der Waals surface area (Å²) in [6.45, 7) is 7.64. The topological polar surface area (TPSA) is 46.1 Å². The summed E-state index contributed by atoms with van der Waals surface area (Å²) in [5.74, 6) is 1.56. The Morgan fingerprint density at radius 1 is 1.38 bits per heavy atom. The molecule has 1 aromatic carbocycles. The van der Waals surface area contributed by atoms with Gasteiger partial charge < -0.3 is 19.7 Å². The van der Waals surface area contributed by atoms with E-state index in [1.165, 1.54) is 5.56 Å². The number of hydrogen-bond donors (Lipinski definition) is 1. The van der Waals surface area contributed by atoms with Crippen LogP contribution in [0.5, 0.6) is 0 Å². The van der Waals surface area contributed by atoms with Gasteiger partial charge in [-0.1, -0.05) is 30.3 Å². The third kappa shape index (κ3) is 7.81. The van der Waals surface area contributed by atoms with Gasteiger partial charge in [-0.05, 0) is 18.9 Å². The van der Waals surface area contributed by atoms with Crippen molar-refractivity contribution in [3.8, 4) is 0 Å². The van der Waals surface area contributed by atoms with E-state index in [4.69, 9.17) is 9.47 Å². The first kappa shape index (κ1) is 21.2. The van der Waals surface area contributed by atoms with Crippen molar-refractivity contribution >= 4 is 29.9 Å². The van der Waals surface area contributed by atoms with Crippen LogP contribution in [-0.2, 0) is 16.1 Å². The standard InChI is InChI=1S/C18H29N3O2.HI/c1-3-19-18(21(2)13-17-9-11-22-15-17)20-10-12-23-14-16-7-5-4-6-8-16;/h4-8,17H,3,9-15H2,1-2H3,(H,19,20);1H. The summed E-state index contributed by atoms with van der Waals surface area (Å²) in [6.07, 6.45) is 1.14. The average Bonchev–Trinajstić information content (AvgIpc) is 3.07. The Morgan fingerprint density at radius 2 is 2.17 bits per heavy atom. The number of ether oxygens (including phenoxy) is 2. The molecule has 0 saturated carbocycles. The Morgan fingerprint density at radius 3 is 2.83 bits per heavy atom. The maximum absolute atomic E-state index is 5.69. The van der Waals surface area contributed by atoms with Crippen molar-refractivity contribution in [3.05, 3.63) is 35.9 Å². The molecule has 0 amide bonds. The van der Waals surface area contributed by atoms with Gasteiger partial charge in [0.05, 0.1) is 26.4 Å². The minimum atomic E-state index is 0. The number of aliphatic imine (C=N–C) groups is 1. The van der Waals surface area contributed by atoms with Crippen LogP contribution in [0.1, 0.15) is 18.9 Å². The van der Waals surface area contributed by atoms with Crippen molar-refractivity contribution in [1.82, 2.24) is 10.2 Å². The van der Waals surface area contributed by atoms with Crippen LogP contribution >= 0.6 is 24.0 Å². The molecule has 2 rings (SSSR count). The van der Waals surface area contributed by atoms with E-state index in [-0.39, 0.29) is 24.0 Å². The Bertz CT molecular complexity index is 465. The zero-order valence-electron chi connectivity index (χ0n) is 14.7. The molecule has 6 heteroatoms. The number of halogens is 1. The maximum Gasteiger partial charge on any atom is 0.193 e. The Labute approximate surface area is 162 Å². The van der Waals surface area contributed by atoms with Crippen molar-refractivity contribution in [2.75, 3.05) is 46.5 Å². The fourth-order valence-electron chi connectivity index (χ4n) is 2.65. The lowest BCUT2D eigenvalue weighted by Crippen LogP contribution is -2.41. The fourth-order valence-corrected chi connectivity index (χ4v) is 2.65. The summed E-state index contributed by atoms with van der Waals surface area (Å²) in [7, 11) is 2.09. The first-order valence-corrected chi connectivity index (χ1v) is 8.48. The molecule has 1 aliphatic heterocycles. The summed E-state index contributed by atoms with van der Waals surface area (Å²) in [4.78, 5) is 6.85. The van der Waals surface area contributed by atoms with E-state index in [0.717, 1.165) is 38.7 Å². The molecule has 1 fully saturated rings. The fraction of sp³-hybridized carbons (Fsp3) is 0.611. The van der Waals surface area contributed by atoms with Gasteiger partial charge >= 0.3 is 0 Å². The third-order valence-electron chi connectivity index (χ3n) is 3.86.